The predicted octanol–water partition coefficient (Wildman–Crippen LogP) is 1.89. The van der Waals surface area contributed by atoms with Crippen LogP contribution in [0.3, 0.4) is 0 Å². The van der Waals surface area contributed by atoms with Crippen LogP contribution in [0.2, 0.25) is 0 Å². The summed E-state index contributed by atoms with van der Waals surface area (Å²) in [7, 11) is 0. The van der Waals surface area contributed by atoms with Crippen LogP contribution in [-0.2, 0) is 11.3 Å². The molecule has 2 aliphatic heterocycles. The molecule has 7 heteroatoms. The van der Waals surface area contributed by atoms with Crippen molar-refractivity contribution in [3.8, 4) is 6.01 Å². The SMILES string of the molecule is Cc1noc(C)c1CN1CC[C@@]2(C[C@H](Oc3ncccn3)CO2)C1. The normalized spacial score (nSPS) is 27.2. The molecule has 2 saturated heterocycles. The van der Waals surface area contributed by atoms with E-state index in [1.807, 2.05) is 13.8 Å². The molecule has 0 aliphatic carbocycles. The Morgan fingerprint density at radius 1 is 1.33 bits per heavy atom. The van der Waals surface area contributed by atoms with Gasteiger partial charge in [0, 0.05) is 44.0 Å². The van der Waals surface area contributed by atoms with Crippen LogP contribution in [0.5, 0.6) is 6.01 Å². The van der Waals surface area contributed by atoms with Gasteiger partial charge < -0.3 is 14.0 Å². The molecule has 7 nitrogen and oxygen atoms in total. The second-order valence-corrected chi connectivity index (χ2v) is 6.73. The molecule has 2 aromatic heterocycles. The first-order chi connectivity index (χ1) is 11.6. The summed E-state index contributed by atoms with van der Waals surface area (Å²) in [6, 6.07) is 2.21. The smallest absolute Gasteiger partial charge is 0.316 e. The van der Waals surface area contributed by atoms with Gasteiger partial charge in [0.15, 0.2) is 0 Å². The van der Waals surface area contributed by atoms with Crippen LogP contribution in [0.15, 0.2) is 23.0 Å². The second kappa shape index (κ2) is 6.14. The maximum absolute atomic E-state index is 6.13. The molecule has 0 N–H and O–H groups in total. The van der Waals surface area contributed by atoms with E-state index in [2.05, 4.69) is 20.0 Å². The predicted molar refractivity (Wildman–Crippen MR) is 85.6 cm³/mol. The summed E-state index contributed by atoms with van der Waals surface area (Å²) in [5, 5.41) is 4.04. The maximum Gasteiger partial charge on any atom is 0.316 e. The molecule has 2 aromatic rings. The fourth-order valence-corrected chi connectivity index (χ4v) is 3.67. The first-order valence-electron chi connectivity index (χ1n) is 8.35. The lowest BCUT2D eigenvalue weighted by molar-refractivity contribution is 0.00907. The Morgan fingerprint density at radius 2 is 2.17 bits per heavy atom. The van der Waals surface area contributed by atoms with Crippen LogP contribution < -0.4 is 4.74 Å². The lowest BCUT2D eigenvalue weighted by atomic mass is 9.98. The molecule has 128 valence electrons. The molecule has 0 saturated carbocycles. The quantitative estimate of drug-likeness (QED) is 0.847. The highest BCUT2D eigenvalue weighted by atomic mass is 16.6. The van der Waals surface area contributed by atoms with E-state index >= 15 is 0 Å². The number of ether oxygens (including phenoxy) is 2. The van der Waals surface area contributed by atoms with E-state index in [0.717, 1.165) is 43.9 Å². The van der Waals surface area contributed by atoms with E-state index in [0.29, 0.717) is 12.6 Å². The van der Waals surface area contributed by atoms with Crippen molar-refractivity contribution in [1.82, 2.24) is 20.0 Å². The highest BCUT2D eigenvalue weighted by Crippen LogP contribution is 2.37. The van der Waals surface area contributed by atoms with Gasteiger partial charge >= 0.3 is 6.01 Å². The molecule has 4 rings (SSSR count). The van der Waals surface area contributed by atoms with Crippen molar-refractivity contribution in [3.63, 3.8) is 0 Å². The van der Waals surface area contributed by atoms with Crippen LogP contribution in [0, 0.1) is 13.8 Å². The number of hydrogen-bond donors (Lipinski definition) is 0. The summed E-state index contributed by atoms with van der Waals surface area (Å²) in [4.78, 5) is 10.7. The molecule has 0 amide bonds. The maximum atomic E-state index is 6.13. The highest BCUT2D eigenvalue weighted by Gasteiger charge is 2.46. The third-order valence-corrected chi connectivity index (χ3v) is 4.95. The monoisotopic (exact) mass is 330 g/mol. The average molecular weight is 330 g/mol. The third kappa shape index (κ3) is 3.01. The Labute approximate surface area is 141 Å². The third-order valence-electron chi connectivity index (χ3n) is 4.95. The van der Waals surface area contributed by atoms with Gasteiger partial charge in [0.25, 0.3) is 0 Å². The van der Waals surface area contributed by atoms with E-state index in [9.17, 15) is 0 Å². The van der Waals surface area contributed by atoms with Crippen molar-refractivity contribution >= 4 is 0 Å². The lowest BCUT2D eigenvalue weighted by Gasteiger charge is -2.23. The number of aryl methyl sites for hydroxylation is 2. The molecule has 2 aliphatic rings. The first-order valence-corrected chi connectivity index (χ1v) is 8.35. The van der Waals surface area contributed by atoms with E-state index in [4.69, 9.17) is 14.0 Å². The van der Waals surface area contributed by atoms with Gasteiger partial charge in [0.1, 0.15) is 11.9 Å². The number of nitrogens with zero attached hydrogens (tertiary/aromatic N) is 4. The number of hydrogen-bond acceptors (Lipinski definition) is 7. The zero-order chi connectivity index (χ0) is 16.6. The standard InChI is InChI=1S/C17H22N4O3/c1-12-15(13(2)24-20-12)9-21-7-4-17(11-21)8-14(10-22-17)23-16-18-5-3-6-19-16/h3,5-6,14H,4,7-11H2,1-2H3/t14-,17+/m0/s1. The van der Waals surface area contributed by atoms with Crippen LogP contribution >= 0.6 is 0 Å². The van der Waals surface area contributed by atoms with Crippen LogP contribution in [0.25, 0.3) is 0 Å². The van der Waals surface area contributed by atoms with Crippen molar-refractivity contribution in [2.75, 3.05) is 19.7 Å². The summed E-state index contributed by atoms with van der Waals surface area (Å²) in [5.74, 6) is 0.906. The fraction of sp³-hybridized carbons (Fsp3) is 0.588. The van der Waals surface area contributed by atoms with Gasteiger partial charge in [-0.15, -0.1) is 0 Å². The van der Waals surface area contributed by atoms with Gasteiger partial charge in [-0.05, 0) is 26.3 Å². The minimum Gasteiger partial charge on any atom is -0.458 e. The fourth-order valence-electron chi connectivity index (χ4n) is 3.67. The van der Waals surface area contributed by atoms with Gasteiger partial charge in [-0.3, -0.25) is 4.90 Å². The molecule has 0 aromatic carbocycles. The van der Waals surface area contributed by atoms with Crippen molar-refractivity contribution < 1.29 is 14.0 Å². The van der Waals surface area contributed by atoms with Crippen LogP contribution in [-0.4, -0.2) is 51.4 Å². The zero-order valence-corrected chi connectivity index (χ0v) is 14.1. The molecule has 24 heavy (non-hydrogen) atoms. The summed E-state index contributed by atoms with van der Waals surface area (Å²) in [5.41, 5.74) is 2.05. The molecule has 0 unspecified atom stereocenters. The molecule has 1 spiro atoms. The van der Waals surface area contributed by atoms with E-state index in [1.54, 1.807) is 18.5 Å². The highest BCUT2D eigenvalue weighted by molar-refractivity contribution is 5.21. The van der Waals surface area contributed by atoms with Crippen LogP contribution in [0.1, 0.15) is 29.9 Å². The molecule has 0 radical (unpaired) electrons. The summed E-state index contributed by atoms with van der Waals surface area (Å²) >= 11 is 0. The van der Waals surface area contributed by atoms with Gasteiger partial charge in [0.2, 0.25) is 0 Å². The van der Waals surface area contributed by atoms with E-state index < -0.39 is 0 Å². The Kier molecular flexibility index (Phi) is 3.97. The minimum absolute atomic E-state index is 0.0198. The Balaban J connectivity index is 1.36. The second-order valence-electron chi connectivity index (χ2n) is 6.73. The average Bonchev–Trinajstić information content (AvgIpc) is 3.26. The summed E-state index contributed by atoms with van der Waals surface area (Å²) < 4.78 is 17.2. The first kappa shape index (κ1) is 15.5. The summed E-state index contributed by atoms with van der Waals surface area (Å²) in [6.07, 6.45) is 5.30. The molecule has 4 heterocycles. The molecule has 2 atom stereocenters. The topological polar surface area (TPSA) is 73.5 Å². The van der Waals surface area contributed by atoms with Gasteiger partial charge in [-0.25, -0.2) is 9.97 Å². The van der Waals surface area contributed by atoms with E-state index in [1.165, 1.54) is 5.56 Å². The van der Waals surface area contributed by atoms with Gasteiger partial charge in [-0.2, -0.15) is 0 Å². The lowest BCUT2D eigenvalue weighted by Crippen LogP contribution is -2.33. The molecule has 2 fully saturated rings. The van der Waals surface area contributed by atoms with Gasteiger partial charge in [-0.1, -0.05) is 5.16 Å². The Hall–Kier alpha value is -1.99. The summed E-state index contributed by atoms with van der Waals surface area (Å²) in [6.45, 7) is 7.34. The number of rotatable bonds is 4. The van der Waals surface area contributed by atoms with Crippen molar-refractivity contribution in [1.29, 1.82) is 0 Å². The van der Waals surface area contributed by atoms with Crippen molar-refractivity contribution in [3.05, 3.63) is 35.5 Å². The van der Waals surface area contributed by atoms with Gasteiger partial charge in [0.05, 0.1) is 17.9 Å². The van der Waals surface area contributed by atoms with Crippen LogP contribution in [0.4, 0.5) is 0 Å². The van der Waals surface area contributed by atoms with E-state index in [-0.39, 0.29) is 11.7 Å². The Bertz CT molecular complexity index is 686. The number of likely N-dealkylation sites (tertiary alicyclic amines) is 1. The Morgan fingerprint density at radius 3 is 2.92 bits per heavy atom. The number of aromatic nitrogens is 3. The molecular weight excluding hydrogens is 308 g/mol. The molecule has 0 bridgehead atoms. The zero-order valence-electron chi connectivity index (χ0n) is 14.1. The largest absolute Gasteiger partial charge is 0.458 e. The van der Waals surface area contributed by atoms with Crippen molar-refractivity contribution in [2.24, 2.45) is 0 Å². The molecular formula is C17H22N4O3. The van der Waals surface area contributed by atoms with Crippen molar-refractivity contribution in [2.45, 2.75) is 44.9 Å². The minimum atomic E-state index is -0.113.